The molecule has 0 aliphatic heterocycles. The molecule has 0 heterocycles. The van der Waals surface area contributed by atoms with Crippen molar-refractivity contribution >= 4 is 11.8 Å². The lowest BCUT2D eigenvalue weighted by molar-refractivity contribution is 0.0318. The summed E-state index contributed by atoms with van der Waals surface area (Å²) in [5.74, 6) is -0.669. The Balaban J connectivity index is 2.10. The molecule has 1 atom stereocenters. The Labute approximate surface area is 124 Å². The van der Waals surface area contributed by atoms with E-state index < -0.39 is 12.1 Å². The Hall–Kier alpha value is -2.42. The molecule has 0 amide bonds. The molecule has 0 radical (unpaired) electrons. The van der Waals surface area contributed by atoms with Crippen LogP contribution in [0.15, 0.2) is 48.5 Å². The zero-order chi connectivity index (χ0) is 15.4. The Bertz CT molecular complexity index is 659. The van der Waals surface area contributed by atoms with Crippen molar-refractivity contribution in [3.8, 4) is 0 Å². The van der Waals surface area contributed by atoms with Gasteiger partial charge in [-0.2, -0.15) is 0 Å². The summed E-state index contributed by atoms with van der Waals surface area (Å²) < 4.78 is 5.28. The van der Waals surface area contributed by atoms with Crippen molar-refractivity contribution in [3.05, 3.63) is 70.8 Å². The van der Waals surface area contributed by atoms with Crippen molar-refractivity contribution in [1.82, 2.24) is 0 Å². The number of Topliss-reactive ketones (excluding diaryl/α,β-unsaturated/α-hetero) is 1. The average Bonchev–Trinajstić information content (AvgIpc) is 2.47. The van der Waals surface area contributed by atoms with E-state index in [-0.39, 0.29) is 5.78 Å². The summed E-state index contributed by atoms with van der Waals surface area (Å²) in [6.07, 6.45) is -0.805. The summed E-state index contributed by atoms with van der Waals surface area (Å²) in [5, 5.41) is 0. The predicted octanol–water partition coefficient (Wildman–Crippen LogP) is 3.73. The fourth-order valence-corrected chi connectivity index (χ4v) is 2.16. The average molecular weight is 282 g/mol. The van der Waals surface area contributed by atoms with E-state index in [1.807, 2.05) is 32.0 Å². The van der Waals surface area contributed by atoms with Gasteiger partial charge in [-0.3, -0.25) is 4.79 Å². The number of carbonyl (C=O) groups excluding carboxylic acids is 2. The van der Waals surface area contributed by atoms with Gasteiger partial charge in [-0.1, -0.05) is 48.0 Å². The van der Waals surface area contributed by atoms with Gasteiger partial charge in [-0.25, -0.2) is 4.79 Å². The summed E-state index contributed by atoms with van der Waals surface area (Å²) in [5.41, 5.74) is 2.96. The maximum Gasteiger partial charge on any atom is 0.339 e. The van der Waals surface area contributed by atoms with Gasteiger partial charge in [-0.15, -0.1) is 0 Å². The second kappa shape index (κ2) is 6.35. The molecule has 2 aromatic carbocycles. The number of esters is 1. The molecule has 2 rings (SSSR count). The topological polar surface area (TPSA) is 43.4 Å². The number of carbonyl (C=O) groups is 2. The molecule has 1 unspecified atom stereocenters. The van der Waals surface area contributed by atoms with E-state index in [9.17, 15) is 9.59 Å². The number of aryl methyl sites for hydroxylation is 2. The van der Waals surface area contributed by atoms with Gasteiger partial charge in [0.15, 0.2) is 6.10 Å². The molecule has 0 spiro atoms. The van der Waals surface area contributed by atoms with Gasteiger partial charge in [-0.05, 0) is 32.4 Å². The van der Waals surface area contributed by atoms with Gasteiger partial charge in [0.25, 0.3) is 0 Å². The highest BCUT2D eigenvalue weighted by Crippen LogP contribution is 2.14. The van der Waals surface area contributed by atoms with Crippen LogP contribution in [0.3, 0.4) is 0 Å². The summed E-state index contributed by atoms with van der Waals surface area (Å²) in [6, 6.07) is 14.3. The molecular formula is C18H18O3. The minimum Gasteiger partial charge on any atom is -0.451 e. The molecule has 3 heteroatoms. The number of benzene rings is 2. The second-order valence-electron chi connectivity index (χ2n) is 5.10. The molecule has 0 fully saturated rings. The normalized spacial score (nSPS) is 11.8. The first-order valence-corrected chi connectivity index (χ1v) is 6.86. The van der Waals surface area contributed by atoms with E-state index in [1.165, 1.54) is 0 Å². The van der Waals surface area contributed by atoms with Gasteiger partial charge in [0, 0.05) is 5.56 Å². The quantitative estimate of drug-likeness (QED) is 0.634. The van der Waals surface area contributed by atoms with E-state index in [4.69, 9.17) is 4.74 Å². The number of rotatable bonds is 4. The molecule has 0 saturated carbocycles. The van der Waals surface area contributed by atoms with Crippen LogP contribution in [0, 0.1) is 13.8 Å². The van der Waals surface area contributed by atoms with E-state index >= 15 is 0 Å². The second-order valence-corrected chi connectivity index (χ2v) is 5.10. The number of ketones is 1. The fourth-order valence-electron chi connectivity index (χ4n) is 2.16. The molecule has 3 nitrogen and oxygen atoms in total. The third-order valence-electron chi connectivity index (χ3n) is 3.31. The zero-order valence-electron chi connectivity index (χ0n) is 12.4. The molecule has 0 aromatic heterocycles. The molecule has 0 saturated heterocycles. The summed E-state index contributed by atoms with van der Waals surface area (Å²) in [6.45, 7) is 5.41. The molecular weight excluding hydrogens is 264 g/mol. The molecule has 0 aliphatic carbocycles. The monoisotopic (exact) mass is 282 g/mol. The largest absolute Gasteiger partial charge is 0.451 e. The molecule has 21 heavy (non-hydrogen) atoms. The van der Waals surface area contributed by atoms with Gasteiger partial charge in [0.05, 0.1) is 5.56 Å². The highest BCUT2D eigenvalue weighted by Gasteiger charge is 2.21. The lowest BCUT2D eigenvalue weighted by Crippen LogP contribution is -2.24. The molecule has 2 aromatic rings. The van der Waals surface area contributed by atoms with Crippen molar-refractivity contribution in [2.24, 2.45) is 0 Å². The SMILES string of the molecule is Cc1ccc(C(=O)OC(C)C(=O)c2ccccc2)c(C)c1. The van der Waals surface area contributed by atoms with Gasteiger partial charge in [0.1, 0.15) is 0 Å². The maximum absolute atomic E-state index is 12.2. The van der Waals surface area contributed by atoms with Gasteiger partial charge < -0.3 is 4.74 Å². The number of hydrogen-bond acceptors (Lipinski definition) is 3. The first-order valence-electron chi connectivity index (χ1n) is 6.86. The van der Waals surface area contributed by atoms with E-state index in [0.29, 0.717) is 11.1 Å². The van der Waals surface area contributed by atoms with Crippen molar-refractivity contribution < 1.29 is 14.3 Å². The number of hydrogen-bond donors (Lipinski definition) is 0. The first kappa shape index (κ1) is 15.0. The molecule has 0 bridgehead atoms. The van der Waals surface area contributed by atoms with Crippen molar-refractivity contribution in [1.29, 1.82) is 0 Å². The van der Waals surface area contributed by atoms with E-state index in [1.54, 1.807) is 37.3 Å². The first-order chi connectivity index (χ1) is 9.99. The lowest BCUT2D eigenvalue weighted by atomic mass is 10.1. The van der Waals surface area contributed by atoms with Gasteiger partial charge in [0.2, 0.25) is 5.78 Å². The third-order valence-corrected chi connectivity index (χ3v) is 3.31. The van der Waals surface area contributed by atoms with Crippen molar-refractivity contribution in [2.45, 2.75) is 26.9 Å². The predicted molar refractivity (Wildman–Crippen MR) is 81.6 cm³/mol. The maximum atomic E-state index is 12.2. The Kier molecular flexibility index (Phi) is 4.53. The van der Waals surface area contributed by atoms with Crippen LogP contribution < -0.4 is 0 Å². The van der Waals surface area contributed by atoms with Crippen LogP contribution in [0.1, 0.15) is 38.8 Å². The summed E-state index contributed by atoms with van der Waals surface area (Å²) in [7, 11) is 0. The van der Waals surface area contributed by atoms with E-state index in [0.717, 1.165) is 11.1 Å². The minimum atomic E-state index is -0.805. The van der Waals surface area contributed by atoms with Crippen LogP contribution in [0.4, 0.5) is 0 Å². The highest BCUT2D eigenvalue weighted by molar-refractivity contribution is 6.01. The van der Waals surface area contributed by atoms with Crippen LogP contribution in [-0.2, 0) is 4.74 Å². The van der Waals surface area contributed by atoms with Crippen molar-refractivity contribution in [3.63, 3.8) is 0 Å². The van der Waals surface area contributed by atoms with Crippen molar-refractivity contribution in [2.75, 3.05) is 0 Å². The lowest BCUT2D eigenvalue weighted by Gasteiger charge is -2.13. The zero-order valence-corrected chi connectivity index (χ0v) is 12.4. The van der Waals surface area contributed by atoms with Crippen LogP contribution in [0.2, 0.25) is 0 Å². The molecule has 0 aliphatic rings. The minimum absolute atomic E-state index is 0.200. The summed E-state index contributed by atoms with van der Waals surface area (Å²) in [4.78, 5) is 24.3. The third kappa shape index (κ3) is 3.57. The van der Waals surface area contributed by atoms with Gasteiger partial charge >= 0.3 is 5.97 Å². The standard InChI is InChI=1S/C18H18O3/c1-12-9-10-16(13(2)11-12)18(20)21-14(3)17(19)15-7-5-4-6-8-15/h4-11,14H,1-3H3. The fraction of sp³-hybridized carbons (Fsp3) is 0.222. The van der Waals surface area contributed by atoms with Crippen LogP contribution >= 0.6 is 0 Å². The molecule has 108 valence electrons. The molecule has 0 N–H and O–H groups in total. The van der Waals surface area contributed by atoms with E-state index in [2.05, 4.69) is 0 Å². The Morgan fingerprint density at radius 1 is 1.00 bits per heavy atom. The van der Waals surface area contributed by atoms with Crippen LogP contribution in [0.25, 0.3) is 0 Å². The summed E-state index contributed by atoms with van der Waals surface area (Å²) >= 11 is 0. The Morgan fingerprint density at radius 2 is 1.67 bits per heavy atom. The highest BCUT2D eigenvalue weighted by atomic mass is 16.5. The smallest absolute Gasteiger partial charge is 0.339 e. The van der Waals surface area contributed by atoms with Crippen LogP contribution in [0.5, 0.6) is 0 Å². The number of ether oxygens (including phenoxy) is 1. The van der Waals surface area contributed by atoms with Crippen LogP contribution in [-0.4, -0.2) is 17.9 Å². The Morgan fingerprint density at radius 3 is 2.29 bits per heavy atom.